The lowest BCUT2D eigenvalue weighted by Crippen LogP contribution is -2.53. The van der Waals surface area contributed by atoms with E-state index < -0.39 is 0 Å². The van der Waals surface area contributed by atoms with Gasteiger partial charge in [0, 0.05) is 13.0 Å². The Morgan fingerprint density at radius 2 is 2.45 bits per heavy atom. The predicted octanol–water partition coefficient (Wildman–Crippen LogP) is -2.05. The largest absolute Gasteiger partial charge is 0.370 e. The van der Waals surface area contributed by atoms with Gasteiger partial charge in [0.25, 0.3) is 0 Å². The summed E-state index contributed by atoms with van der Waals surface area (Å²) in [5.41, 5.74) is 4.95. The first kappa shape index (κ1) is 8.00. The molecule has 0 aromatic heterocycles. The van der Waals surface area contributed by atoms with Crippen molar-refractivity contribution >= 4 is 11.8 Å². The van der Waals surface area contributed by atoms with Gasteiger partial charge < -0.3 is 16.4 Å². The summed E-state index contributed by atoms with van der Waals surface area (Å²) in [6.45, 7) is 0.948. The highest BCUT2D eigenvalue weighted by Crippen LogP contribution is 1.92. The maximum absolute atomic E-state index is 10.7. The molecule has 5 heteroatoms. The zero-order chi connectivity index (χ0) is 8.27. The summed E-state index contributed by atoms with van der Waals surface area (Å²) >= 11 is 0. The lowest BCUT2D eigenvalue weighted by atomic mass is 10.1. The van der Waals surface area contributed by atoms with E-state index in [9.17, 15) is 9.59 Å². The molecule has 5 nitrogen and oxygen atoms in total. The van der Waals surface area contributed by atoms with E-state index in [2.05, 4.69) is 10.6 Å². The number of amides is 2. The van der Waals surface area contributed by atoms with Gasteiger partial charge in [-0.25, -0.2) is 0 Å². The van der Waals surface area contributed by atoms with E-state index >= 15 is 0 Å². The fourth-order valence-corrected chi connectivity index (χ4v) is 1.06. The zero-order valence-corrected chi connectivity index (χ0v) is 6.09. The maximum atomic E-state index is 10.7. The minimum atomic E-state index is -0.390. The van der Waals surface area contributed by atoms with Crippen molar-refractivity contribution in [3.05, 3.63) is 0 Å². The fraction of sp³-hybridized carbons (Fsp3) is 0.667. The van der Waals surface area contributed by atoms with E-state index in [1.807, 2.05) is 0 Å². The highest BCUT2D eigenvalue weighted by molar-refractivity contribution is 5.81. The first-order valence-electron chi connectivity index (χ1n) is 3.47. The van der Waals surface area contributed by atoms with Crippen LogP contribution in [-0.2, 0) is 9.59 Å². The highest BCUT2D eigenvalue weighted by Gasteiger charge is 2.18. The van der Waals surface area contributed by atoms with E-state index in [4.69, 9.17) is 5.73 Å². The molecule has 0 spiro atoms. The Bertz CT molecular complexity index is 179. The second-order valence-electron chi connectivity index (χ2n) is 2.57. The Hall–Kier alpha value is -1.10. The summed E-state index contributed by atoms with van der Waals surface area (Å²) in [6.07, 6.45) is 0.207. The normalized spacial score (nSPS) is 24.4. The SMILES string of the molecule is NC(=O)CC1CNCC(=O)N1. The van der Waals surface area contributed by atoms with Crippen LogP contribution < -0.4 is 16.4 Å². The monoisotopic (exact) mass is 157 g/mol. The molecule has 2 amide bonds. The van der Waals surface area contributed by atoms with Gasteiger partial charge >= 0.3 is 0 Å². The van der Waals surface area contributed by atoms with Crippen molar-refractivity contribution in [3.63, 3.8) is 0 Å². The number of primary amides is 1. The molecule has 1 aliphatic rings. The van der Waals surface area contributed by atoms with Crippen molar-refractivity contribution in [1.82, 2.24) is 10.6 Å². The molecule has 1 fully saturated rings. The molecule has 1 rings (SSSR count). The molecule has 1 saturated heterocycles. The molecule has 62 valence electrons. The number of hydrogen-bond donors (Lipinski definition) is 3. The quantitative estimate of drug-likeness (QED) is 0.431. The molecule has 0 saturated carbocycles. The average Bonchev–Trinajstić information content (AvgIpc) is 1.85. The topological polar surface area (TPSA) is 84.2 Å². The molecule has 1 unspecified atom stereocenters. The molecular formula is C6H11N3O2. The van der Waals surface area contributed by atoms with Crippen LogP contribution in [0.3, 0.4) is 0 Å². The summed E-state index contributed by atoms with van der Waals surface area (Å²) in [5, 5.41) is 5.52. The predicted molar refractivity (Wildman–Crippen MR) is 38.6 cm³/mol. The van der Waals surface area contributed by atoms with Crippen LogP contribution in [0.1, 0.15) is 6.42 Å². The molecule has 11 heavy (non-hydrogen) atoms. The van der Waals surface area contributed by atoms with Crippen LogP contribution in [0.4, 0.5) is 0 Å². The third-order valence-corrected chi connectivity index (χ3v) is 1.49. The molecule has 4 N–H and O–H groups in total. The van der Waals surface area contributed by atoms with Gasteiger partial charge in [0.2, 0.25) is 11.8 Å². The average molecular weight is 157 g/mol. The van der Waals surface area contributed by atoms with Crippen LogP contribution in [0.2, 0.25) is 0 Å². The van der Waals surface area contributed by atoms with Gasteiger partial charge in [0.15, 0.2) is 0 Å². The van der Waals surface area contributed by atoms with E-state index in [0.717, 1.165) is 0 Å². The molecular weight excluding hydrogens is 146 g/mol. The first-order valence-corrected chi connectivity index (χ1v) is 3.47. The number of piperazine rings is 1. The number of rotatable bonds is 2. The summed E-state index contributed by atoms with van der Waals surface area (Å²) < 4.78 is 0. The Morgan fingerprint density at radius 1 is 1.73 bits per heavy atom. The molecule has 0 bridgehead atoms. The highest BCUT2D eigenvalue weighted by atomic mass is 16.2. The molecule has 1 atom stereocenters. The van der Waals surface area contributed by atoms with Crippen LogP contribution in [0.5, 0.6) is 0 Å². The van der Waals surface area contributed by atoms with Crippen molar-refractivity contribution in [1.29, 1.82) is 0 Å². The van der Waals surface area contributed by atoms with E-state index in [1.165, 1.54) is 0 Å². The molecule has 0 aromatic carbocycles. The summed E-state index contributed by atoms with van der Waals surface area (Å²) in [7, 11) is 0. The van der Waals surface area contributed by atoms with Gasteiger partial charge in [-0.3, -0.25) is 9.59 Å². The molecule has 1 aliphatic heterocycles. The Kier molecular flexibility index (Phi) is 2.43. The maximum Gasteiger partial charge on any atom is 0.234 e. The van der Waals surface area contributed by atoms with E-state index in [-0.39, 0.29) is 24.3 Å². The van der Waals surface area contributed by atoms with Gasteiger partial charge in [-0.05, 0) is 0 Å². The van der Waals surface area contributed by atoms with Crippen LogP contribution >= 0.6 is 0 Å². The number of carbonyl (C=O) groups is 2. The Morgan fingerprint density at radius 3 is 3.00 bits per heavy atom. The molecule has 0 radical (unpaired) electrons. The van der Waals surface area contributed by atoms with Gasteiger partial charge in [-0.1, -0.05) is 0 Å². The Balaban J connectivity index is 2.34. The summed E-state index contributed by atoms with van der Waals surface area (Å²) in [4.78, 5) is 21.1. The lowest BCUT2D eigenvalue weighted by Gasteiger charge is -2.22. The smallest absolute Gasteiger partial charge is 0.234 e. The third-order valence-electron chi connectivity index (χ3n) is 1.49. The van der Waals surface area contributed by atoms with Gasteiger partial charge in [0.1, 0.15) is 0 Å². The van der Waals surface area contributed by atoms with Crippen molar-refractivity contribution < 1.29 is 9.59 Å². The van der Waals surface area contributed by atoms with Crippen molar-refractivity contribution in [2.75, 3.05) is 13.1 Å². The number of carbonyl (C=O) groups excluding carboxylic acids is 2. The standard InChI is InChI=1S/C6H11N3O2/c7-5(10)1-4-2-8-3-6(11)9-4/h4,8H,1-3H2,(H2,7,10)(H,9,11). The van der Waals surface area contributed by atoms with Crippen molar-refractivity contribution in [3.8, 4) is 0 Å². The molecule has 1 heterocycles. The van der Waals surface area contributed by atoms with Crippen LogP contribution in [0.25, 0.3) is 0 Å². The van der Waals surface area contributed by atoms with Crippen LogP contribution in [-0.4, -0.2) is 30.9 Å². The van der Waals surface area contributed by atoms with E-state index in [1.54, 1.807) is 0 Å². The van der Waals surface area contributed by atoms with E-state index in [0.29, 0.717) is 13.1 Å². The number of hydrogen-bond acceptors (Lipinski definition) is 3. The second-order valence-corrected chi connectivity index (χ2v) is 2.57. The second kappa shape index (κ2) is 3.34. The molecule has 0 aliphatic carbocycles. The van der Waals surface area contributed by atoms with Crippen molar-refractivity contribution in [2.24, 2.45) is 5.73 Å². The number of nitrogens with two attached hydrogens (primary N) is 1. The van der Waals surface area contributed by atoms with Crippen LogP contribution in [0, 0.1) is 0 Å². The summed E-state index contributed by atoms with van der Waals surface area (Å²) in [5.74, 6) is -0.471. The summed E-state index contributed by atoms with van der Waals surface area (Å²) in [6, 6.07) is -0.131. The zero-order valence-electron chi connectivity index (χ0n) is 6.09. The fourth-order valence-electron chi connectivity index (χ4n) is 1.06. The molecule has 0 aromatic rings. The third kappa shape index (κ3) is 2.55. The number of nitrogens with one attached hydrogen (secondary N) is 2. The van der Waals surface area contributed by atoms with Gasteiger partial charge in [-0.2, -0.15) is 0 Å². The van der Waals surface area contributed by atoms with Gasteiger partial charge in [0.05, 0.1) is 12.6 Å². The first-order chi connectivity index (χ1) is 5.18. The minimum absolute atomic E-state index is 0.0810. The van der Waals surface area contributed by atoms with Gasteiger partial charge in [-0.15, -0.1) is 0 Å². The Labute approximate surface area is 64.3 Å². The lowest BCUT2D eigenvalue weighted by molar-refractivity contribution is -0.123. The van der Waals surface area contributed by atoms with Crippen molar-refractivity contribution in [2.45, 2.75) is 12.5 Å². The minimum Gasteiger partial charge on any atom is -0.370 e. The van der Waals surface area contributed by atoms with Crippen LogP contribution in [0.15, 0.2) is 0 Å².